The summed E-state index contributed by atoms with van der Waals surface area (Å²) < 4.78 is 17.4. The highest BCUT2D eigenvalue weighted by molar-refractivity contribution is 5.79. The summed E-state index contributed by atoms with van der Waals surface area (Å²) >= 11 is 0. The molecule has 4 rings (SSSR count). The van der Waals surface area contributed by atoms with Crippen molar-refractivity contribution in [2.24, 2.45) is 5.92 Å². The molecule has 11 heteroatoms. The van der Waals surface area contributed by atoms with Gasteiger partial charge in [0.1, 0.15) is 36.3 Å². The van der Waals surface area contributed by atoms with E-state index in [2.05, 4.69) is 5.32 Å². The van der Waals surface area contributed by atoms with Crippen molar-refractivity contribution in [3.8, 4) is 16.9 Å². The number of ether oxygens (including phenoxy) is 3. The second kappa shape index (κ2) is 13.2. The van der Waals surface area contributed by atoms with Gasteiger partial charge in [-0.3, -0.25) is 4.79 Å². The molecule has 2 aromatic carbocycles. The number of aliphatic hydroxyl groups is 6. The summed E-state index contributed by atoms with van der Waals surface area (Å²) in [6.07, 6.45) is -8.84. The molecule has 2 aliphatic rings. The van der Waals surface area contributed by atoms with Gasteiger partial charge in [-0.2, -0.15) is 0 Å². The summed E-state index contributed by atoms with van der Waals surface area (Å²) in [5.41, 5.74) is 2.56. The Kier molecular flexibility index (Phi) is 9.91. The lowest BCUT2D eigenvalue weighted by Gasteiger charge is -2.44. The molecule has 2 saturated heterocycles. The number of amides is 1. The van der Waals surface area contributed by atoms with E-state index in [0.717, 1.165) is 16.7 Å². The van der Waals surface area contributed by atoms with Crippen molar-refractivity contribution in [2.45, 2.75) is 68.3 Å². The quantitative estimate of drug-likeness (QED) is 0.213. The molecule has 0 spiro atoms. The molecule has 9 atom stereocenters. The molecule has 0 radical (unpaired) electrons. The molecule has 2 aromatic rings. The summed E-state index contributed by atoms with van der Waals surface area (Å²) in [5.74, 6) is -0.227. The number of hydrogen-bond donors (Lipinski definition) is 7. The average Bonchev–Trinajstić information content (AvgIpc) is 2.95. The fourth-order valence-corrected chi connectivity index (χ4v) is 5.17. The molecule has 0 aliphatic carbocycles. The van der Waals surface area contributed by atoms with Gasteiger partial charge >= 0.3 is 0 Å². The maximum absolute atomic E-state index is 11.8. The van der Waals surface area contributed by atoms with Crippen LogP contribution in [-0.4, -0.2) is 106 Å². The zero-order chi connectivity index (χ0) is 28.1. The molecule has 2 heterocycles. The summed E-state index contributed by atoms with van der Waals surface area (Å²) in [6.45, 7) is -0.871. The highest BCUT2D eigenvalue weighted by Crippen LogP contribution is 2.35. The van der Waals surface area contributed by atoms with Crippen LogP contribution in [0, 0.1) is 5.92 Å². The van der Waals surface area contributed by atoms with Crippen molar-refractivity contribution in [1.82, 2.24) is 5.32 Å². The normalized spacial score (nSPS) is 32.9. The number of benzene rings is 2. The summed E-state index contributed by atoms with van der Waals surface area (Å²) in [5, 5.41) is 63.7. The fourth-order valence-electron chi connectivity index (χ4n) is 5.17. The Bertz CT molecular complexity index is 1100. The maximum atomic E-state index is 11.8. The zero-order valence-corrected chi connectivity index (χ0v) is 21.7. The molecule has 2 aliphatic heterocycles. The number of carbonyl (C=O) groups excluding carboxylic acids is 1. The smallest absolute Gasteiger partial charge is 0.226 e. The molecule has 0 aromatic heterocycles. The van der Waals surface area contributed by atoms with Gasteiger partial charge in [0.2, 0.25) is 12.2 Å². The van der Waals surface area contributed by atoms with Crippen molar-refractivity contribution in [3.05, 3.63) is 54.1 Å². The van der Waals surface area contributed by atoms with Crippen LogP contribution in [0.15, 0.2) is 48.5 Å². The Morgan fingerprint density at radius 3 is 2.28 bits per heavy atom. The highest BCUT2D eigenvalue weighted by Gasteiger charge is 2.47. The molecule has 6 unspecified atom stereocenters. The van der Waals surface area contributed by atoms with Gasteiger partial charge in [0.15, 0.2) is 0 Å². The molecule has 0 bridgehead atoms. The van der Waals surface area contributed by atoms with Crippen molar-refractivity contribution in [2.75, 3.05) is 20.3 Å². The van der Waals surface area contributed by atoms with Gasteiger partial charge in [0.05, 0.1) is 31.8 Å². The summed E-state index contributed by atoms with van der Waals surface area (Å²) in [6, 6.07) is 14.7. The monoisotopic (exact) mass is 547 g/mol. The standard InChI is InChI=1S/C28H37NO10/c1-29-23(32)9-15-4-2-5-16(8-15)17-6-3-7-19(10-17)37-28-24(33)18(11-20(13-30)38-28)12-21-25(34)27(36)26(35)22(14-31)39-21/h2-8,10,18,20-22,24-28,30-31,33-36H,9,11-14H2,1H3,(H,29,32)/t18?,20?,21-,22?,24?,25?,26-,27?,28+/m1/s1. The minimum atomic E-state index is -1.52. The number of likely N-dealkylation sites (N-methyl/N-ethyl adjacent to an activating group) is 1. The molecule has 7 N–H and O–H groups in total. The Hall–Kier alpha value is -2.61. The lowest BCUT2D eigenvalue weighted by Crippen LogP contribution is -2.59. The van der Waals surface area contributed by atoms with E-state index < -0.39 is 61.5 Å². The van der Waals surface area contributed by atoms with Gasteiger partial charge in [0.25, 0.3) is 0 Å². The molecule has 0 saturated carbocycles. The zero-order valence-electron chi connectivity index (χ0n) is 21.7. The van der Waals surface area contributed by atoms with Crippen molar-refractivity contribution < 1.29 is 49.6 Å². The van der Waals surface area contributed by atoms with Crippen LogP contribution in [0.25, 0.3) is 11.1 Å². The Morgan fingerprint density at radius 2 is 1.59 bits per heavy atom. The molecule has 39 heavy (non-hydrogen) atoms. The number of nitrogens with one attached hydrogen (secondary N) is 1. The van der Waals surface area contributed by atoms with Gasteiger partial charge in [-0.25, -0.2) is 0 Å². The second-order valence-electron chi connectivity index (χ2n) is 10.1. The van der Waals surface area contributed by atoms with Crippen LogP contribution >= 0.6 is 0 Å². The number of hydrogen-bond acceptors (Lipinski definition) is 10. The number of rotatable bonds is 9. The van der Waals surface area contributed by atoms with Gasteiger partial charge in [-0.05, 0) is 47.6 Å². The molecule has 11 nitrogen and oxygen atoms in total. The van der Waals surface area contributed by atoms with E-state index in [1.165, 1.54) is 0 Å². The molecular weight excluding hydrogens is 510 g/mol. The van der Waals surface area contributed by atoms with Crippen LogP contribution < -0.4 is 10.1 Å². The first-order valence-electron chi connectivity index (χ1n) is 13.1. The SMILES string of the molecule is CNC(=O)Cc1cccc(-c2cccc(O[C@H]3OC(CO)CC(C[C@H]4OC(CO)[C@@H](O)C(O)C4O)C3O)c2)c1. The lowest BCUT2D eigenvalue weighted by atomic mass is 9.83. The molecular formula is C28H37NO10. The molecule has 2 fully saturated rings. The van der Waals surface area contributed by atoms with E-state index in [9.17, 15) is 35.4 Å². The van der Waals surface area contributed by atoms with Crippen molar-refractivity contribution in [3.63, 3.8) is 0 Å². The van der Waals surface area contributed by atoms with E-state index in [1.54, 1.807) is 25.2 Å². The van der Waals surface area contributed by atoms with E-state index >= 15 is 0 Å². The summed E-state index contributed by atoms with van der Waals surface area (Å²) in [7, 11) is 1.59. The largest absolute Gasteiger partial charge is 0.462 e. The first-order chi connectivity index (χ1) is 18.7. The Balaban J connectivity index is 1.48. The molecule has 1 amide bonds. The van der Waals surface area contributed by atoms with Crippen LogP contribution in [0.1, 0.15) is 18.4 Å². The van der Waals surface area contributed by atoms with E-state index in [1.807, 2.05) is 30.3 Å². The van der Waals surface area contributed by atoms with Gasteiger partial charge < -0.3 is 50.2 Å². The first-order valence-corrected chi connectivity index (χ1v) is 13.1. The third kappa shape index (κ3) is 6.94. The van der Waals surface area contributed by atoms with Gasteiger partial charge in [-0.15, -0.1) is 0 Å². The van der Waals surface area contributed by atoms with Crippen LogP contribution in [0.4, 0.5) is 0 Å². The Labute approximate surface area is 226 Å². The average molecular weight is 548 g/mol. The number of carbonyl (C=O) groups is 1. The van der Waals surface area contributed by atoms with Crippen LogP contribution in [0.3, 0.4) is 0 Å². The highest BCUT2D eigenvalue weighted by atomic mass is 16.7. The van der Waals surface area contributed by atoms with Gasteiger partial charge in [-0.1, -0.05) is 36.4 Å². The predicted molar refractivity (Wildman–Crippen MR) is 139 cm³/mol. The van der Waals surface area contributed by atoms with Gasteiger partial charge in [0, 0.05) is 7.05 Å². The third-order valence-electron chi connectivity index (χ3n) is 7.37. The van der Waals surface area contributed by atoms with Crippen LogP contribution in [-0.2, 0) is 20.7 Å². The fraction of sp³-hybridized carbons (Fsp3) is 0.536. The lowest BCUT2D eigenvalue weighted by molar-refractivity contribution is -0.253. The van der Waals surface area contributed by atoms with Crippen molar-refractivity contribution >= 4 is 5.91 Å². The Morgan fingerprint density at radius 1 is 0.897 bits per heavy atom. The third-order valence-corrected chi connectivity index (χ3v) is 7.37. The van der Waals surface area contributed by atoms with E-state index in [-0.39, 0.29) is 31.8 Å². The second-order valence-corrected chi connectivity index (χ2v) is 10.1. The van der Waals surface area contributed by atoms with E-state index in [0.29, 0.717) is 5.75 Å². The van der Waals surface area contributed by atoms with E-state index in [4.69, 9.17) is 14.2 Å². The topological polar surface area (TPSA) is 178 Å². The van der Waals surface area contributed by atoms with Crippen LogP contribution in [0.5, 0.6) is 5.75 Å². The minimum Gasteiger partial charge on any atom is -0.462 e. The minimum absolute atomic E-state index is 0.0699. The summed E-state index contributed by atoms with van der Waals surface area (Å²) in [4.78, 5) is 11.8. The van der Waals surface area contributed by atoms with Crippen molar-refractivity contribution in [1.29, 1.82) is 0 Å². The maximum Gasteiger partial charge on any atom is 0.226 e. The first kappa shape index (κ1) is 29.4. The van der Waals surface area contributed by atoms with Crippen LogP contribution in [0.2, 0.25) is 0 Å². The number of aliphatic hydroxyl groups excluding tert-OH is 6. The predicted octanol–water partition coefficient (Wildman–Crippen LogP) is -0.662. The molecule has 214 valence electrons.